The Kier molecular flexibility index (Phi) is 7.05. The summed E-state index contributed by atoms with van der Waals surface area (Å²) in [7, 11) is 1.59. The largest absolute Gasteiger partial charge is 0.497 e. The Morgan fingerprint density at radius 3 is 2.46 bits per heavy atom. The van der Waals surface area contributed by atoms with Crippen molar-refractivity contribution in [2.45, 2.75) is 45.8 Å². The molecule has 4 rings (SSSR count). The van der Waals surface area contributed by atoms with E-state index >= 15 is 0 Å². The van der Waals surface area contributed by atoms with Crippen molar-refractivity contribution in [1.29, 1.82) is 0 Å². The normalized spacial score (nSPS) is 13.3. The molecule has 0 saturated heterocycles. The lowest BCUT2D eigenvalue weighted by molar-refractivity contribution is -0.140. The van der Waals surface area contributed by atoms with Crippen LogP contribution in [0, 0.1) is 0 Å². The van der Waals surface area contributed by atoms with Gasteiger partial charge in [0.2, 0.25) is 11.8 Å². The molecule has 0 bridgehead atoms. The minimum Gasteiger partial charge on any atom is -0.497 e. The molecule has 3 amide bonds. The van der Waals surface area contributed by atoms with Crippen LogP contribution in [0.25, 0.3) is 10.8 Å². The fourth-order valence-corrected chi connectivity index (χ4v) is 4.63. The minimum atomic E-state index is -0.674. The predicted octanol–water partition coefficient (Wildman–Crippen LogP) is 4.14. The summed E-state index contributed by atoms with van der Waals surface area (Å²) in [6.07, 6.45) is 0.442. The summed E-state index contributed by atoms with van der Waals surface area (Å²) in [4.78, 5) is 43.2. The maximum Gasteiger partial charge on any atom is 0.259 e. The lowest BCUT2D eigenvalue weighted by Crippen LogP contribution is -2.53. The topological polar surface area (TPSA) is 79.0 Å². The summed E-state index contributed by atoms with van der Waals surface area (Å²) in [6.45, 7) is 5.73. The Hall–Kier alpha value is -3.87. The molecule has 1 N–H and O–H groups in total. The van der Waals surface area contributed by atoms with E-state index in [2.05, 4.69) is 5.32 Å². The van der Waals surface area contributed by atoms with Gasteiger partial charge in [0.25, 0.3) is 5.91 Å². The van der Waals surface area contributed by atoms with Crippen molar-refractivity contribution in [3.63, 3.8) is 0 Å². The first-order valence-corrected chi connectivity index (χ1v) is 11.9. The Morgan fingerprint density at radius 1 is 1.06 bits per heavy atom. The Balaban J connectivity index is 1.66. The Labute approximate surface area is 205 Å². The third kappa shape index (κ3) is 4.85. The van der Waals surface area contributed by atoms with E-state index in [1.807, 2.05) is 75.4 Å². The summed E-state index contributed by atoms with van der Waals surface area (Å²) in [6, 6.07) is 18.0. The van der Waals surface area contributed by atoms with Crippen LogP contribution in [-0.2, 0) is 16.1 Å². The van der Waals surface area contributed by atoms with E-state index in [0.717, 1.165) is 22.0 Å². The van der Waals surface area contributed by atoms with Gasteiger partial charge in [0.1, 0.15) is 18.3 Å². The second-order valence-electron chi connectivity index (χ2n) is 9.03. The maximum atomic E-state index is 13.8. The highest BCUT2D eigenvalue weighted by molar-refractivity contribution is 6.26. The molecular formula is C28H31N3O4. The van der Waals surface area contributed by atoms with Gasteiger partial charge in [-0.05, 0) is 55.5 Å². The van der Waals surface area contributed by atoms with E-state index in [0.29, 0.717) is 17.7 Å². The van der Waals surface area contributed by atoms with Gasteiger partial charge in [0, 0.05) is 23.5 Å². The third-order valence-corrected chi connectivity index (χ3v) is 6.25. The van der Waals surface area contributed by atoms with Crippen molar-refractivity contribution in [2.75, 3.05) is 18.6 Å². The average Bonchev–Trinajstić information content (AvgIpc) is 3.11. The van der Waals surface area contributed by atoms with Crippen LogP contribution in [0.1, 0.15) is 43.1 Å². The van der Waals surface area contributed by atoms with Gasteiger partial charge in [-0.3, -0.25) is 19.3 Å². The number of benzene rings is 3. The molecule has 1 aliphatic heterocycles. The summed E-state index contributed by atoms with van der Waals surface area (Å²) in [5.41, 5.74) is 2.15. The Bertz CT molecular complexity index is 1260. The van der Waals surface area contributed by atoms with E-state index in [1.165, 1.54) is 4.90 Å². The maximum absolute atomic E-state index is 13.8. The molecular weight excluding hydrogens is 442 g/mol. The highest BCUT2D eigenvalue weighted by atomic mass is 16.5. The molecule has 182 valence electrons. The molecule has 3 aromatic rings. The molecule has 0 aromatic heterocycles. The first-order chi connectivity index (χ1) is 16.8. The van der Waals surface area contributed by atoms with Gasteiger partial charge in [0.15, 0.2) is 0 Å². The number of hydrogen-bond acceptors (Lipinski definition) is 4. The number of hydrogen-bond donors (Lipinski definition) is 1. The monoisotopic (exact) mass is 473 g/mol. The predicted molar refractivity (Wildman–Crippen MR) is 137 cm³/mol. The van der Waals surface area contributed by atoms with Crippen LogP contribution < -0.4 is 15.0 Å². The van der Waals surface area contributed by atoms with Crippen LogP contribution >= 0.6 is 0 Å². The molecule has 0 unspecified atom stereocenters. The van der Waals surface area contributed by atoms with E-state index in [1.54, 1.807) is 18.1 Å². The van der Waals surface area contributed by atoms with E-state index in [9.17, 15) is 14.4 Å². The lowest BCUT2D eigenvalue weighted by Gasteiger charge is -2.32. The van der Waals surface area contributed by atoms with Crippen molar-refractivity contribution in [1.82, 2.24) is 10.2 Å². The summed E-state index contributed by atoms with van der Waals surface area (Å²) in [5, 5.41) is 4.75. The first kappa shape index (κ1) is 24.3. The van der Waals surface area contributed by atoms with E-state index < -0.39 is 6.04 Å². The van der Waals surface area contributed by atoms with Crippen LogP contribution in [0.15, 0.2) is 60.7 Å². The molecule has 0 spiro atoms. The Morgan fingerprint density at radius 2 is 1.77 bits per heavy atom. The zero-order valence-electron chi connectivity index (χ0n) is 20.6. The molecule has 0 radical (unpaired) electrons. The summed E-state index contributed by atoms with van der Waals surface area (Å²) >= 11 is 0. The van der Waals surface area contributed by atoms with Crippen molar-refractivity contribution < 1.29 is 19.1 Å². The SMILES string of the molecule is CC[C@@H](C(=O)NC(C)C)N(Cc1cccc(OC)c1)C(=O)CN1C(=O)c2cccc3cccc1c23. The molecule has 3 aromatic carbocycles. The van der Waals surface area contributed by atoms with Crippen LogP contribution in [0.3, 0.4) is 0 Å². The molecule has 0 saturated carbocycles. The molecule has 35 heavy (non-hydrogen) atoms. The third-order valence-electron chi connectivity index (χ3n) is 6.25. The summed E-state index contributed by atoms with van der Waals surface area (Å²) in [5.74, 6) is -0.0359. The number of carbonyl (C=O) groups is 3. The number of nitrogens with zero attached hydrogens (tertiary/aromatic N) is 2. The molecule has 0 aliphatic carbocycles. The van der Waals surface area contributed by atoms with Crippen LogP contribution in [0.5, 0.6) is 5.75 Å². The minimum absolute atomic E-state index is 0.0578. The fourth-order valence-electron chi connectivity index (χ4n) is 4.63. The second kappa shape index (κ2) is 10.2. The number of methoxy groups -OCH3 is 1. The molecule has 1 heterocycles. The number of nitrogens with one attached hydrogen (secondary N) is 1. The van der Waals surface area contributed by atoms with Crippen LogP contribution in [-0.4, -0.2) is 48.4 Å². The number of amides is 3. The van der Waals surface area contributed by atoms with Gasteiger partial charge < -0.3 is 15.0 Å². The van der Waals surface area contributed by atoms with Crippen molar-refractivity contribution >= 4 is 34.2 Å². The van der Waals surface area contributed by atoms with Gasteiger partial charge in [-0.25, -0.2) is 0 Å². The summed E-state index contributed by atoms with van der Waals surface area (Å²) < 4.78 is 5.34. The quantitative estimate of drug-likeness (QED) is 0.507. The van der Waals surface area contributed by atoms with Gasteiger partial charge in [-0.2, -0.15) is 0 Å². The average molecular weight is 474 g/mol. The van der Waals surface area contributed by atoms with E-state index in [4.69, 9.17) is 4.74 Å². The number of anilines is 1. The smallest absolute Gasteiger partial charge is 0.259 e. The highest BCUT2D eigenvalue weighted by Gasteiger charge is 2.35. The number of rotatable bonds is 9. The molecule has 1 aliphatic rings. The fraction of sp³-hybridized carbons (Fsp3) is 0.321. The van der Waals surface area contributed by atoms with Crippen molar-refractivity contribution in [3.8, 4) is 5.75 Å². The van der Waals surface area contributed by atoms with Gasteiger partial charge in [0.05, 0.1) is 12.8 Å². The molecule has 7 nitrogen and oxygen atoms in total. The molecule has 1 atom stereocenters. The zero-order valence-corrected chi connectivity index (χ0v) is 20.6. The zero-order chi connectivity index (χ0) is 25.1. The van der Waals surface area contributed by atoms with Gasteiger partial charge in [-0.15, -0.1) is 0 Å². The highest BCUT2D eigenvalue weighted by Crippen LogP contribution is 2.37. The molecule has 7 heteroatoms. The molecule has 0 fully saturated rings. The van der Waals surface area contributed by atoms with Crippen molar-refractivity contribution in [3.05, 3.63) is 71.8 Å². The van der Waals surface area contributed by atoms with Crippen LogP contribution in [0.4, 0.5) is 5.69 Å². The van der Waals surface area contributed by atoms with Gasteiger partial charge >= 0.3 is 0 Å². The lowest BCUT2D eigenvalue weighted by atomic mass is 10.1. The van der Waals surface area contributed by atoms with Gasteiger partial charge in [-0.1, -0.05) is 43.3 Å². The number of ether oxygens (including phenoxy) is 1. The standard InChI is InChI=1S/C28H31N3O4/c1-5-23(27(33)29-18(2)3)30(16-19-9-6-12-21(15-19)35-4)25(32)17-31-24-14-8-11-20-10-7-13-22(26(20)24)28(31)34/h6-15,18,23H,5,16-17H2,1-4H3,(H,29,33)/t23-/m0/s1. The van der Waals surface area contributed by atoms with Crippen molar-refractivity contribution in [2.24, 2.45) is 0 Å². The number of carbonyl (C=O) groups excluding carboxylic acids is 3. The van der Waals surface area contributed by atoms with Crippen LogP contribution in [0.2, 0.25) is 0 Å². The second-order valence-corrected chi connectivity index (χ2v) is 9.03. The van der Waals surface area contributed by atoms with E-state index in [-0.39, 0.29) is 36.9 Å². The first-order valence-electron chi connectivity index (χ1n) is 11.9.